The molecule has 0 heterocycles. The van der Waals surface area contributed by atoms with Crippen molar-refractivity contribution in [1.29, 1.82) is 0 Å². The van der Waals surface area contributed by atoms with E-state index >= 15 is 0 Å². The molecule has 0 saturated carbocycles. The first-order valence-corrected chi connectivity index (χ1v) is 8.40. The zero-order valence-corrected chi connectivity index (χ0v) is 15.5. The summed E-state index contributed by atoms with van der Waals surface area (Å²) in [5.74, 6) is 0.409. The molecule has 0 aliphatic rings. The van der Waals surface area contributed by atoms with E-state index in [1.165, 1.54) is 0 Å². The molecule has 0 unspecified atom stereocenters. The summed E-state index contributed by atoms with van der Waals surface area (Å²) in [7, 11) is 0. The number of hydrogen-bond acceptors (Lipinski definition) is 4. The maximum Gasteiger partial charge on any atom is 0.273 e. The second-order valence-corrected chi connectivity index (χ2v) is 6.32. The zero-order chi connectivity index (χ0) is 16.8. The fourth-order valence-electron chi connectivity index (χ4n) is 1.82. The Balaban J connectivity index is 2.04. The van der Waals surface area contributed by atoms with Gasteiger partial charge in [-0.25, -0.2) is 5.43 Å². The molecule has 0 aliphatic carbocycles. The summed E-state index contributed by atoms with van der Waals surface area (Å²) in [6.45, 7) is 2.55. The summed E-state index contributed by atoms with van der Waals surface area (Å²) in [4.78, 5) is 12.1. The second-order valence-electron chi connectivity index (χ2n) is 4.55. The highest BCUT2D eigenvalue weighted by atomic mass is 79.9. The first-order chi connectivity index (χ1) is 11.0. The molecule has 2 rings (SSSR count). The Morgan fingerprint density at radius 1 is 1.30 bits per heavy atom. The fourth-order valence-corrected chi connectivity index (χ4v) is 3.04. The number of carbonyl (C=O) groups is 1. The van der Waals surface area contributed by atoms with Crippen LogP contribution < -0.4 is 15.9 Å². The lowest BCUT2D eigenvalue weighted by molar-refractivity contribution is 0.0956. The van der Waals surface area contributed by atoms with Gasteiger partial charge in [0.15, 0.2) is 0 Å². The highest BCUT2D eigenvalue weighted by molar-refractivity contribution is 9.11. The van der Waals surface area contributed by atoms with Crippen LogP contribution in [0.3, 0.4) is 0 Å². The maximum absolute atomic E-state index is 12.1. The number of halogens is 2. The third kappa shape index (κ3) is 4.80. The average molecular weight is 441 g/mol. The van der Waals surface area contributed by atoms with Crippen molar-refractivity contribution in [3.63, 3.8) is 0 Å². The number of amides is 1. The largest absolute Gasteiger partial charge is 0.494 e. The van der Waals surface area contributed by atoms with Gasteiger partial charge in [-0.05, 0) is 64.8 Å². The van der Waals surface area contributed by atoms with Gasteiger partial charge in [0.1, 0.15) is 5.75 Å². The van der Waals surface area contributed by atoms with Gasteiger partial charge in [-0.15, -0.1) is 0 Å². The molecule has 23 heavy (non-hydrogen) atoms. The smallest absolute Gasteiger partial charge is 0.273 e. The van der Waals surface area contributed by atoms with Crippen molar-refractivity contribution in [2.45, 2.75) is 6.92 Å². The van der Waals surface area contributed by atoms with Crippen molar-refractivity contribution in [1.82, 2.24) is 5.43 Å². The molecule has 2 aromatic rings. The van der Waals surface area contributed by atoms with Gasteiger partial charge in [-0.1, -0.05) is 15.9 Å². The van der Waals surface area contributed by atoms with Crippen LogP contribution in [0.25, 0.3) is 0 Å². The van der Waals surface area contributed by atoms with Gasteiger partial charge in [-0.3, -0.25) is 4.79 Å². The Labute approximate surface area is 151 Å². The Bertz CT molecular complexity index is 731. The minimum Gasteiger partial charge on any atom is -0.494 e. The van der Waals surface area contributed by atoms with Gasteiger partial charge in [0.2, 0.25) is 0 Å². The molecule has 7 heteroatoms. The molecule has 120 valence electrons. The standard InChI is InChI=1S/C16H15Br2N3O2/c1-2-23-12-5-3-10(4-6-12)9-20-21-16(22)13-7-11(17)8-14(18)15(13)19/h3-9H,2,19H2,1H3,(H,21,22). The van der Waals surface area contributed by atoms with Crippen molar-refractivity contribution in [3.8, 4) is 5.75 Å². The SMILES string of the molecule is CCOc1ccc(C=NNC(=O)c2cc(Br)cc(Br)c2N)cc1. The number of carbonyl (C=O) groups excluding carboxylic acids is 1. The molecule has 0 atom stereocenters. The average Bonchev–Trinajstić information content (AvgIpc) is 2.52. The van der Waals surface area contributed by atoms with Gasteiger partial charge < -0.3 is 10.5 Å². The molecule has 1 amide bonds. The van der Waals surface area contributed by atoms with Crippen molar-refractivity contribution in [2.24, 2.45) is 5.10 Å². The number of anilines is 1. The maximum atomic E-state index is 12.1. The number of nitrogen functional groups attached to an aromatic ring is 1. The monoisotopic (exact) mass is 439 g/mol. The lowest BCUT2D eigenvalue weighted by atomic mass is 10.2. The van der Waals surface area contributed by atoms with Crippen LogP contribution in [-0.4, -0.2) is 18.7 Å². The van der Waals surface area contributed by atoms with E-state index < -0.39 is 0 Å². The number of hydrazone groups is 1. The number of nitrogens with one attached hydrogen (secondary N) is 1. The van der Waals surface area contributed by atoms with Gasteiger partial charge >= 0.3 is 0 Å². The summed E-state index contributed by atoms with van der Waals surface area (Å²) < 4.78 is 6.76. The molecular weight excluding hydrogens is 426 g/mol. The van der Waals surface area contributed by atoms with Crippen LogP contribution in [0, 0.1) is 0 Å². The summed E-state index contributed by atoms with van der Waals surface area (Å²) in [5.41, 5.74) is 9.90. The molecule has 0 radical (unpaired) electrons. The Morgan fingerprint density at radius 3 is 2.65 bits per heavy atom. The lowest BCUT2D eigenvalue weighted by Crippen LogP contribution is -2.19. The van der Waals surface area contributed by atoms with Crippen LogP contribution in [-0.2, 0) is 0 Å². The van der Waals surface area contributed by atoms with Crippen LogP contribution in [0.5, 0.6) is 5.75 Å². The van der Waals surface area contributed by atoms with Gasteiger partial charge in [-0.2, -0.15) is 5.10 Å². The van der Waals surface area contributed by atoms with Gasteiger partial charge in [0.05, 0.1) is 24.1 Å². The molecule has 0 fully saturated rings. The van der Waals surface area contributed by atoms with Crippen LogP contribution in [0.15, 0.2) is 50.4 Å². The number of nitrogens with zero attached hydrogens (tertiary/aromatic N) is 1. The Hall–Kier alpha value is -1.86. The summed E-state index contributed by atoms with van der Waals surface area (Å²) in [5, 5.41) is 3.94. The highest BCUT2D eigenvalue weighted by Gasteiger charge is 2.12. The molecule has 0 spiro atoms. The van der Waals surface area contributed by atoms with E-state index in [4.69, 9.17) is 10.5 Å². The van der Waals surface area contributed by atoms with E-state index in [1.807, 2.05) is 31.2 Å². The molecule has 0 aliphatic heterocycles. The fraction of sp³-hybridized carbons (Fsp3) is 0.125. The zero-order valence-electron chi connectivity index (χ0n) is 12.3. The number of nitrogens with two attached hydrogens (primary N) is 1. The Morgan fingerprint density at radius 2 is 2.00 bits per heavy atom. The Kier molecular flexibility index (Phi) is 6.18. The number of ether oxygens (including phenoxy) is 1. The van der Waals surface area contributed by atoms with Crippen molar-refractivity contribution < 1.29 is 9.53 Å². The normalized spacial score (nSPS) is 10.7. The molecule has 2 aromatic carbocycles. The first-order valence-electron chi connectivity index (χ1n) is 6.82. The quantitative estimate of drug-likeness (QED) is 0.419. The minimum atomic E-state index is -0.383. The van der Waals surface area contributed by atoms with E-state index in [-0.39, 0.29) is 5.91 Å². The predicted octanol–water partition coefficient (Wildman–Crippen LogP) is 3.96. The number of benzene rings is 2. The van der Waals surface area contributed by atoms with Crippen LogP contribution in [0.1, 0.15) is 22.8 Å². The van der Waals surface area contributed by atoms with Crippen LogP contribution in [0.4, 0.5) is 5.69 Å². The van der Waals surface area contributed by atoms with Gasteiger partial charge in [0.25, 0.3) is 5.91 Å². The summed E-state index contributed by atoms with van der Waals surface area (Å²) >= 11 is 6.63. The number of hydrogen-bond donors (Lipinski definition) is 2. The predicted molar refractivity (Wildman–Crippen MR) is 98.9 cm³/mol. The van der Waals surface area contributed by atoms with E-state index in [2.05, 4.69) is 42.4 Å². The molecule has 5 nitrogen and oxygen atoms in total. The summed E-state index contributed by atoms with van der Waals surface area (Å²) in [6.07, 6.45) is 1.55. The lowest BCUT2D eigenvalue weighted by Gasteiger charge is -2.07. The first kappa shape index (κ1) is 17.5. The molecule has 0 bridgehead atoms. The van der Waals surface area contributed by atoms with E-state index in [0.29, 0.717) is 22.3 Å². The molecular formula is C16H15Br2N3O2. The van der Waals surface area contributed by atoms with Crippen LogP contribution >= 0.6 is 31.9 Å². The van der Waals surface area contributed by atoms with E-state index in [1.54, 1.807) is 18.3 Å². The van der Waals surface area contributed by atoms with E-state index in [9.17, 15) is 4.79 Å². The van der Waals surface area contributed by atoms with Gasteiger partial charge in [0, 0.05) is 8.95 Å². The molecule has 3 N–H and O–H groups in total. The van der Waals surface area contributed by atoms with Crippen molar-refractivity contribution in [2.75, 3.05) is 12.3 Å². The minimum absolute atomic E-state index is 0.343. The number of rotatable bonds is 5. The third-order valence-electron chi connectivity index (χ3n) is 2.91. The molecule has 0 aromatic heterocycles. The topological polar surface area (TPSA) is 76.7 Å². The second kappa shape index (κ2) is 8.12. The van der Waals surface area contributed by atoms with Crippen LogP contribution in [0.2, 0.25) is 0 Å². The highest BCUT2D eigenvalue weighted by Crippen LogP contribution is 2.28. The van der Waals surface area contributed by atoms with Crippen molar-refractivity contribution >= 4 is 49.7 Å². The molecule has 0 saturated heterocycles. The van der Waals surface area contributed by atoms with Crippen molar-refractivity contribution in [3.05, 3.63) is 56.5 Å². The summed E-state index contributed by atoms with van der Waals surface area (Å²) in [6, 6.07) is 10.8. The third-order valence-corrected chi connectivity index (χ3v) is 4.02. The van der Waals surface area contributed by atoms with E-state index in [0.717, 1.165) is 15.8 Å².